The molecule has 54 heavy (non-hydrogen) atoms. The smallest absolute Gasteiger partial charge is 0.407 e. The number of hydrazine groups is 1. The molecule has 0 aliphatic carbocycles. The Hall–Kier alpha value is -5.01. The second-order valence-corrected chi connectivity index (χ2v) is 14.2. The molecular formula is C41H57N7O6. The van der Waals surface area contributed by atoms with E-state index >= 15 is 0 Å². The zero-order valence-electron chi connectivity index (χ0n) is 32.4. The van der Waals surface area contributed by atoms with E-state index in [2.05, 4.69) is 21.0 Å². The first kappa shape index (κ1) is 41.7. The number of hydrogen-bond donors (Lipinski definition) is 4. The summed E-state index contributed by atoms with van der Waals surface area (Å²) in [6.07, 6.45) is -0.317. The van der Waals surface area contributed by atoms with E-state index in [0.717, 1.165) is 22.5 Å². The Morgan fingerprint density at radius 3 is 2.13 bits per heavy atom. The Balaban J connectivity index is 1.58. The Morgan fingerprint density at radius 2 is 1.52 bits per heavy atom. The SMILES string of the molecule is CCC(C)[C@H](NC(=O)OC)C(=O)NN(Cc1ccccc1)C[C@H](O)[C@H](Cc1ccccc1)NC(=O)[C@H]([C@@H](C)CC)N1CCN(Cc2cccc(C)n2)C1=O. The van der Waals surface area contributed by atoms with Crippen LogP contribution in [0.25, 0.3) is 0 Å². The van der Waals surface area contributed by atoms with Crippen molar-refractivity contribution in [3.63, 3.8) is 0 Å². The third-order valence-electron chi connectivity index (χ3n) is 10.2. The largest absolute Gasteiger partial charge is 0.453 e. The van der Waals surface area contributed by atoms with E-state index in [-0.39, 0.29) is 36.9 Å². The van der Waals surface area contributed by atoms with Gasteiger partial charge in [-0.3, -0.25) is 20.0 Å². The number of pyridine rings is 1. The molecule has 13 nitrogen and oxygen atoms in total. The maximum atomic E-state index is 14.4. The molecule has 2 heterocycles. The number of amides is 5. The molecule has 1 aliphatic heterocycles. The summed E-state index contributed by atoms with van der Waals surface area (Å²) in [5, 5.41) is 19.4. The number of carbonyl (C=O) groups excluding carboxylic acids is 4. The number of aliphatic hydroxyl groups is 1. The van der Waals surface area contributed by atoms with Gasteiger partial charge < -0.3 is 30.3 Å². The average molecular weight is 744 g/mol. The van der Waals surface area contributed by atoms with Gasteiger partial charge in [-0.1, -0.05) is 107 Å². The monoisotopic (exact) mass is 743 g/mol. The third-order valence-corrected chi connectivity index (χ3v) is 10.2. The van der Waals surface area contributed by atoms with Crippen molar-refractivity contribution < 1.29 is 29.0 Å². The van der Waals surface area contributed by atoms with Gasteiger partial charge in [0.2, 0.25) is 5.91 Å². The number of aliphatic hydroxyl groups excluding tert-OH is 1. The van der Waals surface area contributed by atoms with Crippen molar-refractivity contribution in [3.8, 4) is 0 Å². The Morgan fingerprint density at radius 1 is 0.870 bits per heavy atom. The number of alkyl carbamates (subject to hydrolysis) is 1. The van der Waals surface area contributed by atoms with Crippen molar-refractivity contribution in [3.05, 3.63) is 101 Å². The Bertz CT molecular complexity index is 1660. The summed E-state index contributed by atoms with van der Waals surface area (Å²) in [6, 6.07) is 22.1. The molecule has 0 saturated carbocycles. The topological polar surface area (TPSA) is 156 Å². The molecule has 1 unspecified atom stereocenters. The average Bonchev–Trinajstić information content (AvgIpc) is 3.51. The Kier molecular flexibility index (Phi) is 15.8. The number of aromatic nitrogens is 1. The molecular weight excluding hydrogens is 686 g/mol. The van der Waals surface area contributed by atoms with Crippen LogP contribution in [0.4, 0.5) is 9.59 Å². The summed E-state index contributed by atoms with van der Waals surface area (Å²) < 4.78 is 4.79. The molecule has 6 atom stereocenters. The fourth-order valence-corrected chi connectivity index (χ4v) is 6.66. The first-order valence-corrected chi connectivity index (χ1v) is 18.9. The van der Waals surface area contributed by atoms with Crippen molar-refractivity contribution in [2.45, 2.75) is 91.2 Å². The second-order valence-electron chi connectivity index (χ2n) is 14.2. The van der Waals surface area contributed by atoms with Crippen LogP contribution in [-0.2, 0) is 33.8 Å². The molecule has 4 N–H and O–H groups in total. The summed E-state index contributed by atoms with van der Waals surface area (Å²) in [4.78, 5) is 62.0. The predicted molar refractivity (Wildman–Crippen MR) is 207 cm³/mol. The van der Waals surface area contributed by atoms with Gasteiger partial charge in [0, 0.05) is 31.9 Å². The highest BCUT2D eigenvalue weighted by Crippen LogP contribution is 2.23. The molecule has 0 radical (unpaired) electrons. The summed E-state index contributed by atoms with van der Waals surface area (Å²) in [6.45, 7) is 11.0. The van der Waals surface area contributed by atoms with E-state index in [1.165, 1.54) is 7.11 Å². The first-order valence-electron chi connectivity index (χ1n) is 18.9. The molecule has 2 aromatic carbocycles. The summed E-state index contributed by atoms with van der Waals surface area (Å²) in [7, 11) is 1.24. The lowest BCUT2D eigenvalue weighted by Crippen LogP contribution is -2.59. The minimum atomic E-state index is -1.16. The van der Waals surface area contributed by atoms with Gasteiger partial charge >= 0.3 is 12.1 Å². The fourth-order valence-electron chi connectivity index (χ4n) is 6.66. The van der Waals surface area contributed by atoms with E-state index in [0.29, 0.717) is 38.9 Å². The van der Waals surface area contributed by atoms with E-state index in [4.69, 9.17) is 4.74 Å². The number of nitrogens with one attached hydrogen (secondary N) is 3. The molecule has 0 spiro atoms. The zero-order chi connectivity index (χ0) is 39.2. The molecule has 292 valence electrons. The highest BCUT2D eigenvalue weighted by Gasteiger charge is 2.41. The molecule has 0 bridgehead atoms. The van der Waals surface area contributed by atoms with Crippen LogP contribution in [0.3, 0.4) is 0 Å². The molecule has 13 heteroatoms. The number of aryl methyl sites for hydroxylation is 1. The van der Waals surface area contributed by atoms with Gasteiger partial charge in [0.25, 0.3) is 5.91 Å². The van der Waals surface area contributed by atoms with Crippen molar-refractivity contribution in [1.29, 1.82) is 0 Å². The molecule has 1 fully saturated rings. The minimum Gasteiger partial charge on any atom is -0.453 e. The summed E-state index contributed by atoms with van der Waals surface area (Å²) in [5.74, 6) is -1.20. The van der Waals surface area contributed by atoms with E-state index in [1.807, 2.05) is 113 Å². The fraction of sp³-hybridized carbons (Fsp3) is 0.488. The van der Waals surface area contributed by atoms with Crippen molar-refractivity contribution >= 4 is 23.9 Å². The van der Waals surface area contributed by atoms with Gasteiger partial charge in [-0.2, -0.15) is 0 Å². The number of nitrogens with zero attached hydrogens (tertiary/aromatic N) is 4. The van der Waals surface area contributed by atoms with Crippen LogP contribution in [0.15, 0.2) is 78.9 Å². The number of rotatable bonds is 19. The molecule has 3 aromatic rings. The zero-order valence-corrected chi connectivity index (χ0v) is 32.4. The van der Waals surface area contributed by atoms with Crippen LogP contribution in [0.2, 0.25) is 0 Å². The first-order chi connectivity index (χ1) is 25.9. The summed E-state index contributed by atoms with van der Waals surface area (Å²) in [5.41, 5.74) is 6.35. The number of methoxy groups -OCH3 is 1. The number of ether oxygens (including phenoxy) is 1. The maximum absolute atomic E-state index is 14.4. The van der Waals surface area contributed by atoms with Gasteiger partial charge in [0.05, 0.1) is 31.5 Å². The van der Waals surface area contributed by atoms with Crippen LogP contribution in [-0.4, -0.2) is 99.8 Å². The van der Waals surface area contributed by atoms with Gasteiger partial charge in [0.15, 0.2) is 0 Å². The van der Waals surface area contributed by atoms with Crippen LogP contribution >= 0.6 is 0 Å². The third kappa shape index (κ3) is 11.7. The predicted octanol–water partition coefficient (Wildman–Crippen LogP) is 4.43. The van der Waals surface area contributed by atoms with Crippen LogP contribution in [0.5, 0.6) is 0 Å². The van der Waals surface area contributed by atoms with Gasteiger partial charge in [0.1, 0.15) is 12.1 Å². The number of hydrogen-bond acceptors (Lipinski definition) is 8. The van der Waals surface area contributed by atoms with Crippen LogP contribution in [0, 0.1) is 18.8 Å². The minimum absolute atomic E-state index is 0.0578. The number of carbonyl (C=O) groups is 4. The highest BCUT2D eigenvalue weighted by atomic mass is 16.5. The van der Waals surface area contributed by atoms with Gasteiger partial charge in [-0.25, -0.2) is 14.6 Å². The van der Waals surface area contributed by atoms with E-state index in [1.54, 1.807) is 14.8 Å². The highest BCUT2D eigenvalue weighted by molar-refractivity contribution is 5.88. The second kappa shape index (κ2) is 20.4. The molecule has 1 aliphatic rings. The van der Waals surface area contributed by atoms with Crippen molar-refractivity contribution in [2.75, 3.05) is 26.7 Å². The lowest BCUT2D eigenvalue weighted by Gasteiger charge is -2.35. The van der Waals surface area contributed by atoms with E-state index < -0.39 is 36.2 Å². The number of urea groups is 1. The standard InChI is InChI=1S/C41H57N7O6/c1-7-28(3)36(44-40(52)54-6)38(50)45-47(25-32-19-13-10-14-20-32)27-35(49)34(24-31-17-11-9-12-18-31)43-39(51)37(29(4)8-2)48-23-22-46(41(48)53)26-33-21-15-16-30(5)42-33/h9-21,28-29,34-37,49H,7-8,22-27H2,1-6H3,(H,43,51)(H,44,52)(H,45,50)/t28?,29-,34-,35-,36-,37-/m0/s1. The maximum Gasteiger partial charge on any atom is 0.407 e. The normalized spacial score (nSPS) is 16.3. The molecule has 5 amide bonds. The quantitative estimate of drug-likeness (QED) is 0.132. The van der Waals surface area contributed by atoms with Crippen molar-refractivity contribution in [1.82, 2.24) is 35.9 Å². The number of benzene rings is 2. The molecule has 1 aromatic heterocycles. The Labute approximate surface area is 319 Å². The summed E-state index contributed by atoms with van der Waals surface area (Å²) >= 11 is 0. The molecule has 4 rings (SSSR count). The van der Waals surface area contributed by atoms with Crippen LogP contribution in [0.1, 0.15) is 63.1 Å². The van der Waals surface area contributed by atoms with Crippen LogP contribution < -0.4 is 16.1 Å². The van der Waals surface area contributed by atoms with E-state index in [9.17, 15) is 24.3 Å². The molecule has 1 saturated heterocycles. The van der Waals surface area contributed by atoms with Gasteiger partial charge in [-0.05, 0) is 48.4 Å². The lowest BCUT2D eigenvalue weighted by atomic mass is 9.95. The lowest BCUT2D eigenvalue weighted by molar-refractivity contribution is -0.132. The van der Waals surface area contributed by atoms with Gasteiger partial charge in [-0.15, -0.1) is 0 Å². The van der Waals surface area contributed by atoms with Crippen molar-refractivity contribution in [2.24, 2.45) is 11.8 Å².